The summed E-state index contributed by atoms with van der Waals surface area (Å²) in [6.45, 7) is 2.07. The van der Waals surface area contributed by atoms with Crippen LogP contribution in [-0.2, 0) is 0 Å². The van der Waals surface area contributed by atoms with E-state index in [9.17, 15) is 0 Å². The van der Waals surface area contributed by atoms with Crippen molar-refractivity contribution in [3.8, 4) is 10.7 Å². The molecule has 0 saturated heterocycles. The van der Waals surface area contributed by atoms with E-state index >= 15 is 0 Å². The molecule has 0 spiro atoms. The Labute approximate surface area is 103 Å². The largest absolute Gasteiger partial charge is 0.384 e. The van der Waals surface area contributed by atoms with Crippen LogP contribution in [0, 0.1) is 6.92 Å². The first-order chi connectivity index (χ1) is 8.22. The van der Waals surface area contributed by atoms with E-state index in [1.807, 2.05) is 12.1 Å². The van der Waals surface area contributed by atoms with Crippen molar-refractivity contribution < 1.29 is 0 Å². The maximum Gasteiger partial charge on any atom is 0.143 e. The van der Waals surface area contributed by atoms with Crippen LogP contribution in [0.3, 0.4) is 0 Å². The third-order valence-corrected chi connectivity index (χ3v) is 3.59. The fraction of sp³-hybridized carbons (Fsp3) is 0.0769. The van der Waals surface area contributed by atoms with Gasteiger partial charge in [-0.05, 0) is 36.8 Å². The second-order valence-electron chi connectivity index (χ2n) is 3.94. The highest BCUT2D eigenvalue weighted by molar-refractivity contribution is 7.21. The van der Waals surface area contributed by atoms with Crippen molar-refractivity contribution in [2.45, 2.75) is 6.92 Å². The van der Waals surface area contributed by atoms with Gasteiger partial charge in [-0.25, -0.2) is 9.97 Å². The molecular weight excluding hydrogens is 230 g/mol. The molecular formula is C13H11N3S. The predicted octanol–water partition coefficient (Wildman–Crippen LogP) is 3.25. The van der Waals surface area contributed by atoms with Gasteiger partial charge in [-0.3, -0.25) is 0 Å². The number of thiazole rings is 1. The van der Waals surface area contributed by atoms with Gasteiger partial charge in [-0.1, -0.05) is 12.1 Å². The van der Waals surface area contributed by atoms with Gasteiger partial charge < -0.3 is 5.73 Å². The number of fused-ring (bicyclic) bond motifs is 1. The van der Waals surface area contributed by atoms with Crippen LogP contribution in [-0.4, -0.2) is 9.97 Å². The number of benzene rings is 1. The van der Waals surface area contributed by atoms with Crippen LogP contribution in [0.15, 0.2) is 36.4 Å². The topological polar surface area (TPSA) is 51.8 Å². The number of aryl methyl sites for hydroxylation is 1. The van der Waals surface area contributed by atoms with Crippen molar-refractivity contribution in [3.05, 3.63) is 42.0 Å². The Kier molecular flexibility index (Phi) is 2.30. The highest BCUT2D eigenvalue weighted by Gasteiger charge is 2.07. The Morgan fingerprint density at radius 2 is 2.00 bits per heavy atom. The number of hydrogen-bond acceptors (Lipinski definition) is 4. The molecule has 0 bridgehead atoms. The summed E-state index contributed by atoms with van der Waals surface area (Å²) in [7, 11) is 0. The molecule has 3 rings (SSSR count). The number of nitrogens with two attached hydrogens (primary N) is 1. The molecule has 84 valence electrons. The second-order valence-corrected chi connectivity index (χ2v) is 4.97. The van der Waals surface area contributed by atoms with E-state index in [1.165, 1.54) is 10.3 Å². The summed E-state index contributed by atoms with van der Waals surface area (Å²) < 4.78 is 1.18. The molecule has 0 atom stereocenters. The van der Waals surface area contributed by atoms with Gasteiger partial charge in [0, 0.05) is 0 Å². The number of nitrogens with zero attached hydrogens (tertiary/aromatic N) is 2. The maximum atomic E-state index is 5.68. The molecule has 1 aromatic carbocycles. The number of hydrogen-bond donors (Lipinski definition) is 1. The van der Waals surface area contributed by atoms with Gasteiger partial charge in [0.1, 0.15) is 16.5 Å². The zero-order valence-corrected chi connectivity index (χ0v) is 10.2. The van der Waals surface area contributed by atoms with Gasteiger partial charge in [0.2, 0.25) is 0 Å². The maximum absolute atomic E-state index is 5.68. The molecule has 0 unspecified atom stereocenters. The van der Waals surface area contributed by atoms with E-state index in [-0.39, 0.29) is 0 Å². The molecule has 0 aliphatic heterocycles. The normalized spacial score (nSPS) is 10.9. The van der Waals surface area contributed by atoms with E-state index in [2.05, 4.69) is 35.1 Å². The van der Waals surface area contributed by atoms with E-state index in [4.69, 9.17) is 5.73 Å². The number of rotatable bonds is 1. The fourth-order valence-electron chi connectivity index (χ4n) is 1.72. The minimum absolute atomic E-state index is 0.526. The van der Waals surface area contributed by atoms with Gasteiger partial charge in [0.15, 0.2) is 0 Å². The predicted molar refractivity (Wildman–Crippen MR) is 72.0 cm³/mol. The third-order valence-electron chi connectivity index (χ3n) is 2.53. The van der Waals surface area contributed by atoms with Crippen LogP contribution in [0.4, 0.5) is 5.82 Å². The standard InChI is InChI=1S/C13H11N3S/c1-8-5-6-11-10(7-8)16-13(17-11)9-3-2-4-12(14)15-9/h2-7H,1H3,(H2,14,15). The van der Waals surface area contributed by atoms with Crippen molar-refractivity contribution >= 4 is 27.4 Å². The van der Waals surface area contributed by atoms with E-state index in [0.29, 0.717) is 5.82 Å². The van der Waals surface area contributed by atoms with Gasteiger partial charge in [-0.2, -0.15) is 0 Å². The minimum atomic E-state index is 0.526. The number of pyridine rings is 1. The van der Waals surface area contributed by atoms with Crippen molar-refractivity contribution in [3.63, 3.8) is 0 Å². The lowest BCUT2D eigenvalue weighted by Crippen LogP contribution is -1.90. The molecule has 4 heteroatoms. The Hall–Kier alpha value is -1.94. The molecule has 0 saturated carbocycles. The molecule has 0 amide bonds. The molecule has 17 heavy (non-hydrogen) atoms. The number of nitrogen functional groups attached to an aromatic ring is 1. The Morgan fingerprint density at radius 3 is 2.82 bits per heavy atom. The lowest BCUT2D eigenvalue weighted by atomic mass is 10.2. The van der Waals surface area contributed by atoms with Crippen molar-refractivity contribution in [2.24, 2.45) is 0 Å². The monoisotopic (exact) mass is 241 g/mol. The molecule has 0 fully saturated rings. The zero-order valence-electron chi connectivity index (χ0n) is 9.34. The van der Waals surface area contributed by atoms with Crippen molar-refractivity contribution in [1.29, 1.82) is 0 Å². The number of aromatic nitrogens is 2. The smallest absolute Gasteiger partial charge is 0.143 e. The number of anilines is 1. The molecule has 0 radical (unpaired) electrons. The van der Waals surface area contributed by atoms with Gasteiger partial charge in [0.25, 0.3) is 0 Å². The quantitative estimate of drug-likeness (QED) is 0.711. The average molecular weight is 241 g/mol. The molecule has 3 aromatic rings. The van der Waals surface area contributed by atoms with Crippen LogP contribution in [0.2, 0.25) is 0 Å². The van der Waals surface area contributed by atoms with Crippen LogP contribution in [0.1, 0.15) is 5.56 Å². The molecule has 0 aliphatic carbocycles. The van der Waals surface area contributed by atoms with Crippen LogP contribution in [0.5, 0.6) is 0 Å². The zero-order chi connectivity index (χ0) is 11.8. The van der Waals surface area contributed by atoms with Gasteiger partial charge in [-0.15, -0.1) is 11.3 Å². The summed E-state index contributed by atoms with van der Waals surface area (Å²) >= 11 is 1.64. The molecule has 2 N–H and O–H groups in total. The highest BCUT2D eigenvalue weighted by Crippen LogP contribution is 2.29. The van der Waals surface area contributed by atoms with E-state index in [1.54, 1.807) is 17.4 Å². The molecule has 0 aliphatic rings. The SMILES string of the molecule is Cc1ccc2sc(-c3cccc(N)n3)nc2c1. The van der Waals surface area contributed by atoms with Crippen LogP contribution >= 0.6 is 11.3 Å². The Bertz CT molecular complexity index is 688. The molecule has 2 heterocycles. The Morgan fingerprint density at radius 1 is 1.12 bits per heavy atom. The molecule has 3 nitrogen and oxygen atoms in total. The Balaban J connectivity index is 2.18. The first kappa shape index (κ1) is 10.2. The van der Waals surface area contributed by atoms with Crippen LogP contribution < -0.4 is 5.73 Å². The summed E-state index contributed by atoms with van der Waals surface area (Å²) in [4.78, 5) is 8.87. The summed E-state index contributed by atoms with van der Waals surface area (Å²) in [6, 6.07) is 11.9. The highest BCUT2D eigenvalue weighted by atomic mass is 32.1. The fourth-order valence-corrected chi connectivity index (χ4v) is 2.63. The van der Waals surface area contributed by atoms with E-state index < -0.39 is 0 Å². The van der Waals surface area contributed by atoms with E-state index in [0.717, 1.165) is 16.2 Å². The average Bonchev–Trinajstić information content (AvgIpc) is 2.72. The van der Waals surface area contributed by atoms with Crippen molar-refractivity contribution in [2.75, 3.05) is 5.73 Å². The summed E-state index contributed by atoms with van der Waals surface area (Å²) in [5.74, 6) is 0.526. The minimum Gasteiger partial charge on any atom is -0.384 e. The summed E-state index contributed by atoms with van der Waals surface area (Å²) in [5.41, 5.74) is 8.76. The lowest BCUT2D eigenvalue weighted by molar-refractivity contribution is 1.31. The summed E-state index contributed by atoms with van der Waals surface area (Å²) in [5, 5.41) is 0.915. The third kappa shape index (κ3) is 1.87. The summed E-state index contributed by atoms with van der Waals surface area (Å²) in [6.07, 6.45) is 0. The van der Waals surface area contributed by atoms with Gasteiger partial charge >= 0.3 is 0 Å². The van der Waals surface area contributed by atoms with Crippen molar-refractivity contribution in [1.82, 2.24) is 9.97 Å². The first-order valence-electron chi connectivity index (χ1n) is 5.32. The van der Waals surface area contributed by atoms with Gasteiger partial charge in [0.05, 0.1) is 10.2 Å². The molecule has 2 aromatic heterocycles. The second kappa shape index (κ2) is 3.82. The lowest BCUT2D eigenvalue weighted by Gasteiger charge is -1.95. The first-order valence-corrected chi connectivity index (χ1v) is 6.14. The van der Waals surface area contributed by atoms with Crippen LogP contribution in [0.25, 0.3) is 20.9 Å².